The van der Waals surface area contributed by atoms with Gasteiger partial charge in [-0.3, -0.25) is 4.79 Å². The van der Waals surface area contributed by atoms with E-state index in [4.69, 9.17) is 5.11 Å². The molecule has 2 nitrogen and oxygen atoms in total. The Kier molecular flexibility index (Phi) is 40.3. The number of carboxylic acids is 1. The molecular formula is C18H41CaClMgO2. The average Bonchev–Trinajstić information content (AvgIpc) is 2.43. The molecule has 0 bridgehead atoms. The number of carboxylic acid groups (broad SMARTS) is 1. The molecule has 0 amide bonds. The average molecular weight is 389 g/mol. The van der Waals surface area contributed by atoms with Gasteiger partial charge >= 0.3 is 66.8 Å². The van der Waals surface area contributed by atoms with Crippen LogP contribution in [-0.4, -0.2) is 71.9 Å². The van der Waals surface area contributed by atoms with Crippen LogP contribution in [-0.2, 0) is 4.79 Å². The van der Waals surface area contributed by atoms with E-state index < -0.39 is 5.97 Å². The number of unbranched alkanes of at least 4 members (excludes halogenated alkanes) is 14. The van der Waals surface area contributed by atoms with E-state index in [0.29, 0.717) is 6.42 Å². The molecule has 136 valence electrons. The fraction of sp³-hybridized carbons (Fsp3) is 0.944. The van der Waals surface area contributed by atoms with Crippen LogP contribution in [0.2, 0.25) is 0 Å². The molecule has 0 heterocycles. The van der Waals surface area contributed by atoms with Gasteiger partial charge in [0.2, 0.25) is 0 Å². The topological polar surface area (TPSA) is 37.3 Å². The van der Waals surface area contributed by atoms with Gasteiger partial charge in [0.1, 0.15) is 0 Å². The molecular weight excluding hydrogens is 348 g/mol. The zero-order valence-corrected chi connectivity index (χ0v) is 14.9. The van der Waals surface area contributed by atoms with Gasteiger partial charge in [0.25, 0.3) is 0 Å². The molecule has 0 aliphatic heterocycles. The molecule has 5 heteroatoms. The molecule has 0 aliphatic rings. The summed E-state index contributed by atoms with van der Waals surface area (Å²) >= 11 is 0. The first-order chi connectivity index (χ1) is 9.77. The van der Waals surface area contributed by atoms with Gasteiger partial charge in [-0.2, -0.15) is 0 Å². The number of rotatable bonds is 16. The van der Waals surface area contributed by atoms with Crippen LogP contribution in [0.25, 0.3) is 0 Å². The first kappa shape index (κ1) is 32.5. The second kappa shape index (κ2) is 28.6. The minimum absolute atomic E-state index is 0. The Bertz CT molecular complexity index is 219. The number of carbonyl (C=O) groups is 1. The summed E-state index contributed by atoms with van der Waals surface area (Å²) in [7, 11) is 0. The van der Waals surface area contributed by atoms with Crippen molar-refractivity contribution in [3.63, 3.8) is 0 Å². The molecule has 0 rings (SSSR count). The van der Waals surface area contributed by atoms with Crippen molar-refractivity contribution in [1.29, 1.82) is 0 Å². The number of aliphatic carboxylic acids is 1. The van der Waals surface area contributed by atoms with Crippen LogP contribution < -0.4 is 0 Å². The number of halogens is 1. The quantitative estimate of drug-likeness (QED) is 0.301. The summed E-state index contributed by atoms with van der Waals surface area (Å²) in [5.74, 6) is -0.653. The van der Waals surface area contributed by atoms with E-state index in [-0.39, 0.29) is 73.2 Å². The smallest absolute Gasteiger partial charge is 0.316 e. The van der Waals surface area contributed by atoms with Gasteiger partial charge in [-0.15, -0.1) is 12.4 Å². The molecule has 0 radical (unpaired) electrons. The van der Waals surface area contributed by atoms with Gasteiger partial charge < -0.3 is 5.11 Å². The second-order valence-electron chi connectivity index (χ2n) is 6.09. The Morgan fingerprint density at radius 2 is 0.913 bits per heavy atom. The third-order valence-electron chi connectivity index (χ3n) is 3.99. The maximum atomic E-state index is 10.3. The summed E-state index contributed by atoms with van der Waals surface area (Å²) in [5, 5.41) is 8.52. The van der Waals surface area contributed by atoms with Crippen molar-refractivity contribution in [2.45, 2.75) is 110 Å². The van der Waals surface area contributed by atoms with Crippen molar-refractivity contribution in [3.8, 4) is 0 Å². The summed E-state index contributed by atoms with van der Waals surface area (Å²) in [6.07, 6.45) is 20.2. The van der Waals surface area contributed by atoms with Gasteiger partial charge in [-0.25, -0.2) is 0 Å². The molecule has 1 N–H and O–H groups in total. The van der Waals surface area contributed by atoms with Gasteiger partial charge in [-0.1, -0.05) is 96.8 Å². The van der Waals surface area contributed by atoms with Crippen molar-refractivity contribution >= 4 is 79.2 Å². The van der Waals surface area contributed by atoms with Crippen LogP contribution in [0, 0.1) is 0 Å². The van der Waals surface area contributed by atoms with E-state index in [2.05, 4.69) is 6.92 Å². The van der Waals surface area contributed by atoms with E-state index in [1.807, 2.05) is 0 Å². The van der Waals surface area contributed by atoms with Crippen molar-refractivity contribution in [1.82, 2.24) is 0 Å². The van der Waals surface area contributed by atoms with Gasteiger partial charge in [-0.05, 0) is 6.42 Å². The molecule has 23 heavy (non-hydrogen) atoms. The number of hydrogen-bond acceptors (Lipinski definition) is 1. The molecule has 0 aromatic rings. The SMILES string of the molecule is CCCCCCCCCCCCCCCCCC(=O)O.Cl.[CaH2].[MgH2]. The summed E-state index contributed by atoms with van der Waals surface area (Å²) in [5.41, 5.74) is 0. The minimum atomic E-state index is -0.653. The van der Waals surface area contributed by atoms with Crippen molar-refractivity contribution in [2.75, 3.05) is 0 Å². The fourth-order valence-corrected chi connectivity index (χ4v) is 2.65. The van der Waals surface area contributed by atoms with Crippen LogP contribution in [0.4, 0.5) is 0 Å². The van der Waals surface area contributed by atoms with Crippen LogP contribution in [0.3, 0.4) is 0 Å². The Hall–Kier alpha value is 1.79. The van der Waals surface area contributed by atoms with E-state index in [1.165, 1.54) is 83.5 Å². The van der Waals surface area contributed by atoms with Crippen molar-refractivity contribution < 1.29 is 9.90 Å². The molecule has 0 aromatic heterocycles. The fourth-order valence-electron chi connectivity index (χ4n) is 2.65. The standard InChI is InChI=1S/C18H36O2.Ca.ClH.Mg.4H/c1-2-3-4-5-6-7-8-9-10-11-12-13-14-15-16-17-18(19)20;;;;;;;/h2-17H2,1H3,(H,19,20);;1H;;;;;. The molecule has 0 unspecified atom stereocenters. The van der Waals surface area contributed by atoms with Gasteiger partial charge in [0.15, 0.2) is 0 Å². The van der Waals surface area contributed by atoms with Crippen LogP contribution >= 0.6 is 12.4 Å². The van der Waals surface area contributed by atoms with Crippen LogP contribution in [0.5, 0.6) is 0 Å². The Morgan fingerprint density at radius 1 is 0.652 bits per heavy atom. The predicted molar refractivity (Wildman–Crippen MR) is 112 cm³/mol. The van der Waals surface area contributed by atoms with E-state index >= 15 is 0 Å². The molecule has 0 fully saturated rings. The summed E-state index contributed by atoms with van der Waals surface area (Å²) in [6.45, 7) is 2.27. The zero-order chi connectivity index (χ0) is 14.9. The summed E-state index contributed by atoms with van der Waals surface area (Å²) in [6, 6.07) is 0. The molecule has 0 atom stereocenters. The molecule has 0 spiro atoms. The third kappa shape index (κ3) is 32.0. The largest absolute Gasteiger partial charge is 0.316 e. The Labute approximate surface area is 196 Å². The van der Waals surface area contributed by atoms with E-state index in [9.17, 15) is 4.79 Å². The minimum Gasteiger partial charge on any atom is 0.316 e. The normalized spacial score (nSPS) is 9.43. The first-order valence-electron chi connectivity index (χ1n) is 8.99. The second-order valence-corrected chi connectivity index (χ2v) is 6.09. The Balaban J connectivity index is -0.000000602. The zero-order valence-electron chi connectivity index (χ0n) is 14.1. The monoisotopic (exact) mass is 388 g/mol. The maximum absolute atomic E-state index is 10.3. The summed E-state index contributed by atoms with van der Waals surface area (Å²) < 4.78 is 0. The Morgan fingerprint density at radius 3 is 1.17 bits per heavy atom. The van der Waals surface area contributed by atoms with Gasteiger partial charge in [0.05, 0.1) is 0 Å². The van der Waals surface area contributed by atoms with Gasteiger partial charge in [0, 0.05) is 6.42 Å². The molecule has 0 aliphatic carbocycles. The molecule has 0 aromatic carbocycles. The molecule has 0 saturated carbocycles. The third-order valence-corrected chi connectivity index (χ3v) is 3.99. The van der Waals surface area contributed by atoms with Crippen LogP contribution in [0.1, 0.15) is 110 Å². The van der Waals surface area contributed by atoms with E-state index in [1.54, 1.807) is 0 Å². The predicted octanol–water partition coefficient (Wildman–Crippen LogP) is 4.92. The summed E-state index contributed by atoms with van der Waals surface area (Å²) in [4.78, 5) is 10.3. The molecule has 0 saturated heterocycles. The number of hydrogen-bond donors (Lipinski definition) is 1. The maximum Gasteiger partial charge on any atom is 0.316 e. The van der Waals surface area contributed by atoms with Crippen molar-refractivity contribution in [3.05, 3.63) is 0 Å². The first-order valence-corrected chi connectivity index (χ1v) is 8.99. The van der Waals surface area contributed by atoms with E-state index in [0.717, 1.165) is 12.8 Å². The van der Waals surface area contributed by atoms with Crippen molar-refractivity contribution in [2.24, 2.45) is 0 Å². The van der Waals surface area contributed by atoms with Crippen LogP contribution in [0.15, 0.2) is 0 Å².